The molecule has 0 unspecified atom stereocenters. The van der Waals surface area contributed by atoms with Gasteiger partial charge in [-0.1, -0.05) is 15.9 Å². The van der Waals surface area contributed by atoms with Crippen LogP contribution in [-0.2, 0) is 14.3 Å². The molecule has 0 radical (unpaired) electrons. The van der Waals surface area contributed by atoms with Crippen molar-refractivity contribution in [1.29, 1.82) is 0 Å². The van der Waals surface area contributed by atoms with Gasteiger partial charge in [0.15, 0.2) is 13.2 Å². The number of hydrogen-bond acceptors (Lipinski definition) is 5. The summed E-state index contributed by atoms with van der Waals surface area (Å²) in [5.74, 6) is 0.406. The lowest BCUT2D eigenvalue weighted by atomic mass is 10.2. The summed E-state index contributed by atoms with van der Waals surface area (Å²) in [7, 11) is 1.30. The Morgan fingerprint density at radius 2 is 1.64 bits per heavy atom. The number of esters is 1. The van der Waals surface area contributed by atoms with Gasteiger partial charge in [-0.15, -0.1) is 0 Å². The smallest absolute Gasteiger partial charge is 0.343 e. The number of anilines is 1. The van der Waals surface area contributed by atoms with Crippen molar-refractivity contribution in [3.05, 3.63) is 52.5 Å². The largest absolute Gasteiger partial charge is 0.484 e. The van der Waals surface area contributed by atoms with Gasteiger partial charge in [0, 0.05) is 10.2 Å². The van der Waals surface area contributed by atoms with Crippen molar-refractivity contribution in [2.75, 3.05) is 25.6 Å². The summed E-state index contributed by atoms with van der Waals surface area (Å²) in [5, 5.41) is 2.77. The monoisotopic (exact) mass is 407 g/mol. The molecule has 0 aliphatic carbocycles. The first-order chi connectivity index (χ1) is 12.0. The van der Waals surface area contributed by atoms with Gasteiger partial charge in [-0.2, -0.15) is 0 Å². The first kappa shape index (κ1) is 18.8. The summed E-state index contributed by atoms with van der Waals surface area (Å²) in [6.07, 6.45) is 0. The Morgan fingerprint density at radius 3 is 2.28 bits per heavy atom. The van der Waals surface area contributed by atoms with Crippen LogP contribution in [0.25, 0.3) is 0 Å². The number of aryl methyl sites for hydroxylation is 1. The first-order valence-corrected chi connectivity index (χ1v) is 8.25. The van der Waals surface area contributed by atoms with Crippen LogP contribution in [0.15, 0.2) is 46.9 Å². The molecule has 2 rings (SSSR count). The molecule has 132 valence electrons. The van der Waals surface area contributed by atoms with E-state index in [0.29, 0.717) is 17.2 Å². The van der Waals surface area contributed by atoms with Gasteiger partial charge in [0.25, 0.3) is 5.91 Å². The van der Waals surface area contributed by atoms with Crippen LogP contribution in [0.3, 0.4) is 0 Å². The molecule has 0 aliphatic rings. The third-order valence-electron chi connectivity index (χ3n) is 3.24. The lowest BCUT2D eigenvalue weighted by molar-refractivity contribution is -0.142. The highest BCUT2D eigenvalue weighted by molar-refractivity contribution is 9.10. The Hall–Kier alpha value is -2.54. The van der Waals surface area contributed by atoms with Crippen LogP contribution in [-0.4, -0.2) is 32.2 Å². The molecule has 0 saturated carbocycles. The lowest BCUT2D eigenvalue weighted by Crippen LogP contribution is -2.20. The number of nitrogens with one attached hydrogen (secondary N) is 1. The van der Waals surface area contributed by atoms with Gasteiger partial charge in [-0.05, 0) is 55.0 Å². The van der Waals surface area contributed by atoms with Crippen molar-refractivity contribution >= 4 is 33.5 Å². The molecule has 6 nitrogen and oxygen atoms in total. The normalized spacial score (nSPS) is 10.0. The predicted octanol–water partition coefficient (Wildman–Crippen LogP) is 3.33. The summed E-state index contributed by atoms with van der Waals surface area (Å²) in [6, 6.07) is 12.3. The molecule has 0 aromatic heterocycles. The number of ether oxygens (including phenoxy) is 3. The summed E-state index contributed by atoms with van der Waals surface area (Å²) in [6.45, 7) is 1.57. The zero-order valence-corrected chi connectivity index (χ0v) is 15.5. The number of carbonyl (C=O) groups excluding carboxylic acids is 2. The second kappa shape index (κ2) is 9.08. The van der Waals surface area contributed by atoms with E-state index in [9.17, 15) is 9.59 Å². The van der Waals surface area contributed by atoms with Crippen molar-refractivity contribution in [2.24, 2.45) is 0 Å². The SMILES string of the molecule is COC(=O)COc1ccc(NC(=O)COc2ccc(Br)cc2)c(C)c1. The molecule has 2 aromatic carbocycles. The van der Waals surface area contributed by atoms with E-state index in [4.69, 9.17) is 9.47 Å². The number of halogens is 1. The van der Waals surface area contributed by atoms with Crippen LogP contribution in [0.2, 0.25) is 0 Å². The Balaban J connectivity index is 1.87. The summed E-state index contributed by atoms with van der Waals surface area (Å²) in [5.41, 5.74) is 1.45. The van der Waals surface area contributed by atoms with Gasteiger partial charge in [-0.3, -0.25) is 4.79 Å². The van der Waals surface area contributed by atoms with E-state index >= 15 is 0 Å². The second-order valence-corrected chi connectivity index (χ2v) is 6.05. The highest BCUT2D eigenvalue weighted by Gasteiger charge is 2.08. The number of amides is 1. The van der Waals surface area contributed by atoms with Gasteiger partial charge in [0.1, 0.15) is 11.5 Å². The maximum Gasteiger partial charge on any atom is 0.343 e. The molecule has 0 heterocycles. The molecular weight excluding hydrogens is 390 g/mol. The van der Waals surface area contributed by atoms with Crippen LogP contribution in [0.1, 0.15) is 5.56 Å². The van der Waals surface area contributed by atoms with E-state index in [2.05, 4.69) is 26.0 Å². The third-order valence-corrected chi connectivity index (χ3v) is 3.77. The molecule has 0 aliphatic heterocycles. The third kappa shape index (κ3) is 6.11. The maximum absolute atomic E-state index is 12.0. The second-order valence-electron chi connectivity index (χ2n) is 5.13. The zero-order valence-electron chi connectivity index (χ0n) is 13.9. The number of methoxy groups -OCH3 is 1. The quantitative estimate of drug-likeness (QED) is 0.712. The summed E-state index contributed by atoms with van der Waals surface area (Å²) < 4.78 is 16.2. The lowest BCUT2D eigenvalue weighted by Gasteiger charge is -2.11. The van der Waals surface area contributed by atoms with Gasteiger partial charge in [-0.25, -0.2) is 4.79 Å². The fraction of sp³-hybridized carbons (Fsp3) is 0.222. The van der Waals surface area contributed by atoms with Crippen LogP contribution >= 0.6 is 15.9 Å². The van der Waals surface area contributed by atoms with E-state index in [1.165, 1.54) is 7.11 Å². The summed E-state index contributed by atoms with van der Waals surface area (Å²) >= 11 is 3.34. The van der Waals surface area contributed by atoms with Gasteiger partial charge < -0.3 is 19.5 Å². The molecule has 0 atom stereocenters. The molecular formula is C18H18BrNO5. The molecule has 2 aromatic rings. The van der Waals surface area contributed by atoms with E-state index in [0.717, 1.165) is 10.0 Å². The number of carbonyl (C=O) groups is 2. The Morgan fingerprint density at radius 1 is 1.00 bits per heavy atom. The van der Waals surface area contributed by atoms with Gasteiger partial charge >= 0.3 is 5.97 Å². The fourth-order valence-electron chi connectivity index (χ4n) is 1.93. The summed E-state index contributed by atoms with van der Waals surface area (Å²) in [4.78, 5) is 23.1. The van der Waals surface area contributed by atoms with Crippen molar-refractivity contribution < 1.29 is 23.8 Å². The fourth-order valence-corrected chi connectivity index (χ4v) is 2.20. The molecule has 1 amide bonds. The minimum Gasteiger partial charge on any atom is -0.484 e. The van der Waals surface area contributed by atoms with Crippen molar-refractivity contribution in [2.45, 2.75) is 6.92 Å². The van der Waals surface area contributed by atoms with Crippen molar-refractivity contribution in [3.63, 3.8) is 0 Å². The average Bonchev–Trinajstić information content (AvgIpc) is 2.61. The highest BCUT2D eigenvalue weighted by atomic mass is 79.9. The number of benzene rings is 2. The van der Waals surface area contributed by atoms with Gasteiger partial charge in [0.2, 0.25) is 0 Å². The minimum atomic E-state index is -0.458. The van der Waals surface area contributed by atoms with Crippen LogP contribution in [0.4, 0.5) is 5.69 Å². The molecule has 1 N–H and O–H groups in total. The molecule has 0 bridgehead atoms. The van der Waals surface area contributed by atoms with E-state index in [1.807, 2.05) is 19.1 Å². The van der Waals surface area contributed by atoms with Crippen molar-refractivity contribution in [1.82, 2.24) is 0 Å². The molecule has 0 saturated heterocycles. The molecule has 0 spiro atoms. The van der Waals surface area contributed by atoms with E-state index < -0.39 is 5.97 Å². The Kier molecular flexibility index (Phi) is 6.82. The molecule has 25 heavy (non-hydrogen) atoms. The van der Waals surface area contributed by atoms with E-state index in [-0.39, 0.29) is 19.1 Å². The predicted molar refractivity (Wildman–Crippen MR) is 97.0 cm³/mol. The molecule has 0 fully saturated rings. The Bertz CT molecular complexity index is 746. The molecule has 7 heteroatoms. The first-order valence-electron chi connectivity index (χ1n) is 7.46. The van der Waals surface area contributed by atoms with Crippen LogP contribution < -0.4 is 14.8 Å². The van der Waals surface area contributed by atoms with E-state index in [1.54, 1.807) is 30.3 Å². The topological polar surface area (TPSA) is 73.9 Å². The van der Waals surface area contributed by atoms with Gasteiger partial charge in [0.05, 0.1) is 7.11 Å². The standard InChI is InChI=1S/C18H18BrNO5/c1-12-9-15(25-11-18(22)23-2)7-8-16(12)20-17(21)10-24-14-5-3-13(19)4-6-14/h3-9H,10-11H2,1-2H3,(H,20,21). The minimum absolute atomic E-state index is 0.0956. The average molecular weight is 408 g/mol. The number of hydrogen-bond donors (Lipinski definition) is 1. The number of rotatable bonds is 7. The maximum atomic E-state index is 12.0. The van der Waals surface area contributed by atoms with Crippen LogP contribution in [0.5, 0.6) is 11.5 Å². The van der Waals surface area contributed by atoms with Crippen molar-refractivity contribution in [3.8, 4) is 11.5 Å². The highest BCUT2D eigenvalue weighted by Crippen LogP contribution is 2.21. The zero-order chi connectivity index (χ0) is 18.2. The van der Waals surface area contributed by atoms with Crippen LogP contribution in [0, 0.1) is 6.92 Å². The Labute approximate surface area is 154 Å².